The summed E-state index contributed by atoms with van der Waals surface area (Å²) in [5, 5.41) is 9.03. The summed E-state index contributed by atoms with van der Waals surface area (Å²) in [7, 11) is -1.69. The molecular weight excluding hydrogens is 278 g/mol. The molecule has 2 aromatic rings. The van der Waals surface area contributed by atoms with Gasteiger partial charge in [0.1, 0.15) is 5.82 Å². The predicted octanol–water partition coefficient (Wildman–Crippen LogP) is 0.433. The molecule has 0 saturated heterocycles. The lowest BCUT2D eigenvalue weighted by Crippen LogP contribution is -2.26. The highest BCUT2D eigenvalue weighted by atomic mass is 32.2. The molecule has 1 heterocycles. The molecule has 2 rings (SSSR count). The molecule has 0 spiro atoms. The average molecular weight is 295 g/mol. The predicted molar refractivity (Wildman–Crippen MR) is 74.5 cm³/mol. The number of rotatable bonds is 6. The topological polar surface area (TPSA) is 84.2 Å². The molecule has 0 aliphatic rings. The second kappa shape index (κ2) is 6.17. The van der Waals surface area contributed by atoms with Crippen LogP contribution >= 0.6 is 0 Å². The van der Waals surface area contributed by atoms with Crippen LogP contribution < -0.4 is 4.72 Å². The average Bonchev–Trinajstić information content (AvgIpc) is 2.84. The first-order chi connectivity index (χ1) is 9.53. The highest BCUT2D eigenvalue weighted by Gasteiger charge is 2.14. The van der Waals surface area contributed by atoms with Crippen molar-refractivity contribution >= 4 is 10.0 Å². The number of hydrogen-bond acceptors (Lipinski definition) is 4. The zero-order valence-corrected chi connectivity index (χ0v) is 12.0. The van der Waals surface area contributed by atoms with E-state index in [4.69, 9.17) is 5.11 Å². The van der Waals surface area contributed by atoms with Gasteiger partial charge in [-0.2, -0.15) is 0 Å². The van der Waals surface area contributed by atoms with Gasteiger partial charge in [-0.25, -0.2) is 18.1 Å². The summed E-state index contributed by atoms with van der Waals surface area (Å²) in [5.74, 6) is 0.816. The number of aryl methyl sites for hydroxylation is 1. The molecule has 0 aliphatic carbocycles. The van der Waals surface area contributed by atoms with E-state index in [1.165, 1.54) is 12.1 Å². The molecule has 108 valence electrons. The third-order valence-corrected chi connectivity index (χ3v) is 4.41. The molecule has 0 atom stereocenters. The molecule has 0 radical (unpaired) electrons. The fourth-order valence-electron chi connectivity index (χ4n) is 1.83. The third-order valence-electron chi connectivity index (χ3n) is 2.95. The molecule has 1 aromatic carbocycles. The van der Waals surface area contributed by atoms with Crippen LogP contribution in [0.25, 0.3) is 0 Å². The maximum absolute atomic E-state index is 12.1. The number of nitrogens with zero attached hydrogens (tertiary/aromatic N) is 2. The first-order valence-electron chi connectivity index (χ1n) is 6.18. The number of aromatic nitrogens is 2. The van der Waals surface area contributed by atoms with Gasteiger partial charge in [-0.05, 0) is 17.7 Å². The Morgan fingerprint density at radius 2 is 2.20 bits per heavy atom. The lowest BCUT2D eigenvalue weighted by atomic mass is 10.2. The highest BCUT2D eigenvalue weighted by molar-refractivity contribution is 7.89. The van der Waals surface area contributed by atoms with E-state index < -0.39 is 10.0 Å². The molecule has 0 fully saturated rings. The van der Waals surface area contributed by atoms with E-state index in [1.54, 1.807) is 18.3 Å². The monoisotopic (exact) mass is 295 g/mol. The van der Waals surface area contributed by atoms with E-state index in [1.807, 2.05) is 17.8 Å². The Bertz CT molecular complexity index is 680. The van der Waals surface area contributed by atoms with Crippen molar-refractivity contribution in [1.82, 2.24) is 14.3 Å². The van der Waals surface area contributed by atoms with Crippen molar-refractivity contribution in [3.05, 3.63) is 48.0 Å². The Kier molecular flexibility index (Phi) is 4.53. The molecule has 0 aliphatic heterocycles. The Morgan fingerprint density at radius 3 is 2.85 bits per heavy atom. The van der Waals surface area contributed by atoms with E-state index in [-0.39, 0.29) is 18.0 Å². The van der Waals surface area contributed by atoms with Crippen molar-refractivity contribution in [3.63, 3.8) is 0 Å². The number of aliphatic hydroxyl groups excluding tert-OH is 1. The van der Waals surface area contributed by atoms with E-state index in [2.05, 4.69) is 9.71 Å². The Hall–Kier alpha value is -1.70. The van der Waals surface area contributed by atoms with Crippen molar-refractivity contribution in [3.8, 4) is 0 Å². The first kappa shape index (κ1) is 14.7. The number of sulfonamides is 1. The van der Waals surface area contributed by atoms with Crippen molar-refractivity contribution in [2.24, 2.45) is 7.05 Å². The number of aliphatic hydroxyl groups is 1. The zero-order valence-electron chi connectivity index (χ0n) is 11.2. The maximum Gasteiger partial charge on any atom is 0.240 e. The summed E-state index contributed by atoms with van der Waals surface area (Å²) in [5.41, 5.74) is 0.567. The summed E-state index contributed by atoms with van der Waals surface area (Å²) >= 11 is 0. The number of benzene rings is 1. The quantitative estimate of drug-likeness (QED) is 0.809. The Balaban J connectivity index is 2.02. The fourth-order valence-corrected chi connectivity index (χ4v) is 2.93. The second-order valence-corrected chi connectivity index (χ2v) is 6.17. The van der Waals surface area contributed by atoms with Crippen LogP contribution in [0, 0.1) is 0 Å². The molecule has 1 aromatic heterocycles. The standard InChI is InChI=1S/C13H17N3O3S/c1-16-8-7-14-13(16)5-6-15-20(18,19)12-4-2-3-11(9-12)10-17/h2-4,7-9,15,17H,5-6,10H2,1H3. The third kappa shape index (κ3) is 3.44. The van der Waals surface area contributed by atoms with E-state index in [0.29, 0.717) is 12.0 Å². The van der Waals surface area contributed by atoms with Crippen LogP contribution in [0.15, 0.2) is 41.6 Å². The fraction of sp³-hybridized carbons (Fsp3) is 0.308. The SMILES string of the molecule is Cn1ccnc1CCNS(=O)(=O)c1cccc(CO)c1. The van der Waals surface area contributed by atoms with Crippen LogP contribution in [0.1, 0.15) is 11.4 Å². The van der Waals surface area contributed by atoms with Gasteiger partial charge in [0, 0.05) is 32.4 Å². The van der Waals surface area contributed by atoms with E-state index >= 15 is 0 Å². The number of imidazole rings is 1. The van der Waals surface area contributed by atoms with Crippen LogP contribution in [-0.2, 0) is 30.1 Å². The number of nitrogens with one attached hydrogen (secondary N) is 1. The van der Waals surface area contributed by atoms with Crippen LogP contribution in [0.2, 0.25) is 0 Å². The molecule has 20 heavy (non-hydrogen) atoms. The summed E-state index contributed by atoms with van der Waals surface area (Å²) in [6, 6.07) is 6.25. The second-order valence-electron chi connectivity index (χ2n) is 4.41. The molecule has 7 heteroatoms. The molecule has 2 N–H and O–H groups in total. The summed E-state index contributed by atoms with van der Waals surface area (Å²) in [4.78, 5) is 4.29. The van der Waals surface area contributed by atoms with Gasteiger partial charge in [-0.1, -0.05) is 12.1 Å². The van der Waals surface area contributed by atoms with Gasteiger partial charge in [-0.3, -0.25) is 0 Å². The van der Waals surface area contributed by atoms with Crippen LogP contribution in [-0.4, -0.2) is 29.6 Å². The largest absolute Gasteiger partial charge is 0.392 e. The van der Waals surface area contributed by atoms with Crippen molar-refractivity contribution < 1.29 is 13.5 Å². The molecule has 6 nitrogen and oxygen atoms in total. The van der Waals surface area contributed by atoms with Crippen molar-refractivity contribution in [2.75, 3.05) is 6.54 Å². The van der Waals surface area contributed by atoms with Gasteiger partial charge in [-0.15, -0.1) is 0 Å². The summed E-state index contributed by atoms with van der Waals surface area (Å²) < 4.78 is 28.6. The van der Waals surface area contributed by atoms with Crippen LogP contribution in [0.3, 0.4) is 0 Å². The van der Waals surface area contributed by atoms with Crippen molar-refractivity contribution in [1.29, 1.82) is 0 Å². The minimum absolute atomic E-state index is 0.156. The normalized spacial score (nSPS) is 11.7. The maximum atomic E-state index is 12.1. The minimum Gasteiger partial charge on any atom is -0.392 e. The molecule has 0 amide bonds. The molecule has 0 unspecified atom stereocenters. The minimum atomic E-state index is -3.56. The summed E-state index contributed by atoms with van der Waals surface area (Å²) in [6.07, 6.45) is 4.01. The van der Waals surface area contributed by atoms with Gasteiger partial charge in [0.05, 0.1) is 11.5 Å². The Labute approximate surface area is 118 Å². The number of hydrogen-bond donors (Lipinski definition) is 2. The van der Waals surface area contributed by atoms with Crippen LogP contribution in [0.5, 0.6) is 0 Å². The first-order valence-corrected chi connectivity index (χ1v) is 7.67. The van der Waals surface area contributed by atoms with Crippen molar-refractivity contribution in [2.45, 2.75) is 17.9 Å². The van der Waals surface area contributed by atoms with E-state index in [0.717, 1.165) is 5.82 Å². The summed E-state index contributed by atoms with van der Waals surface area (Å²) in [6.45, 7) is 0.0904. The van der Waals surface area contributed by atoms with Gasteiger partial charge in [0.2, 0.25) is 10.0 Å². The molecule has 0 saturated carbocycles. The van der Waals surface area contributed by atoms with Gasteiger partial charge in [0.15, 0.2) is 0 Å². The van der Waals surface area contributed by atoms with Gasteiger partial charge >= 0.3 is 0 Å². The molecule has 0 bridgehead atoms. The zero-order chi connectivity index (χ0) is 14.6. The lowest BCUT2D eigenvalue weighted by molar-refractivity contribution is 0.281. The van der Waals surface area contributed by atoms with Gasteiger partial charge in [0.25, 0.3) is 0 Å². The van der Waals surface area contributed by atoms with Gasteiger partial charge < -0.3 is 9.67 Å². The smallest absolute Gasteiger partial charge is 0.240 e. The Morgan fingerprint density at radius 1 is 1.40 bits per heavy atom. The molecular formula is C13H17N3O3S. The lowest BCUT2D eigenvalue weighted by Gasteiger charge is -2.08. The van der Waals surface area contributed by atoms with Crippen LogP contribution in [0.4, 0.5) is 0 Å². The highest BCUT2D eigenvalue weighted by Crippen LogP contribution is 2.11. The van der Waals surface area contributed by atoms with E-state index in [9.17, 15) is 8.42 Å².